The van der Waals surface area contributed by atoms with Crippen LogP contribution >= 0.6 is 0 Å². The fourth-order valence-corrected chi connectivity index (χ4v) is 2.85. The minimum atomic E-state index is -0.522. The van der Waals surface area contributed by atoms with Crippen molar-refractivity contribution >= 4 is 11.8 Å². The van der Waals surface area contributed by atoms with Gasteiger partial charge in [0.2, 0.25) is 0 Å². The van der Waals surface area contributed by atoms with Gasteiger partial charge in [-0.2, -0.15) is 0 Å². The van der Waals surface area contributed by atoms with E-state index in [0.29, 0.717) is 6.54 Å². The molecule has 0 saturated heterocycles. The Labute approximate surface area is 146 Å². The van der Waals surface area contributed by atoms with E-state index >= 15 is 0 Å². The SMILES string of the molecule is Cc1cccc(-c2cccc(CNC(=O)C3=C(O)C(=O)N(C)C3)c2)c1. The number of nitrogens with one attached hydrogen (secondary N) is 1. The second-order valence-corrected chi connectivity index (χ2v) is 6.24. The first-order valence-electron chi connectivity index (χ1n) is 8.07. The molecule has 0 unspecified atom stereocenters. The van der Waals surface area contributed by atoms with Gasteiger partial charge in [0.15, 0.2) is 5.76 Å². The van der Waals surface area contributed by atoms with Gasteiger partial charge in [0.05, 0.1) is 12.1 Å². The summed E-state index contributed by atoms with van der Waals surface area (Å²) >= 11 is 0. The number of aryl methyl sites for hydroxylation is 1. The maximum atomic E-state index is 12.2. The van der Waals surface area contributed by atoms with Crippen LogP contribution in [0.15, 0.2) is 59.9 Å². The van der Waals surface area contributed by atoms with E-state index in [1.54, 1.807) is 7.05 Å². The van der Waals surface area contributed by atoms with Crippen molar-refractivity contribution in [3.05, 3.63) is 71.0 Å². The second-order valence-electron chi connectivity index (χ2n) is 6.24. The normalized spacial score (nSPS) is 14.2. The van der Waals surface area contributed by atoms with Gasteiger partial charge >= 0.3 is 0 Å². The predicted octanol–water partition coefficient (Wildman–Crippen LogP) is 2.56. The van der Waals surface area contributed by atoms with E-state index < -0.39 is 17.6 Å². The Bertz CT molecular complexity index is 871. The number of carbonyl (C=O) groups excluding carboxylic acids is 2. The number of amides is 2. The molecule has 0 bridgehead atoms. The van der Waals surface area contributed by atoms with E-state index in [1.165, 1.54) is 10.5 Å². The topological polar surface area (TPSA) is 69.6 Å². The van der Waals surface area contributed by atoms with Gasteiger partial charge in [-0.05, 0) is 29.7 Å². The highest BCUT2D eigenvalue weighted by molar-refractivity contribution is 6.06. The van der Waals surface area contributed by atoms with Crippen molar-refractivity contribution in [2.75, 3.05) is 13.6 Å². The zero-order valence-corrected chi connectivity index (χ0v) is 14.2. The summed E-state index contributed by atoms with van der Waals surface area (Å²) in [6, 6.07) is 16.2. The molecule has 0 spiro atoms. The molecule has 0 saturated carbocycles. The molecule has 2 amide bonds. The molecular formula is C20H20N2O3. The molecule has 2 aromatic carbocycles. The van der Waals surface area contributed by atoms with Gasteiger partial charge < -0.3 is 15.3 Å². The van der Waals surface area contributed by atoms with Crippen LogP contribution in [0.5, 0.6) is 0 Å². The zero-order valence-electron chi connectivity index (χ0n) is 14.2. The molecule has 25 heavy (non-hydrogen) atoms. The van der Waals surface area contributed by atoms with Crippen LogP contribution in [0.1, 0.15) is 11.1 Å². The number of hydrogen-bond acceptors (Lipinski definition) is 3. The highest BCUT2D eigenvalue weighted by Gasteiger charge is 2.31. The molecule has 128 valence electrons. The van der Waals surface area contributed by atoms with Crippen molar-refractivity contribution in [2.45, 2.75) is 13.5 Å². The average Bonchev–Trinajstić information content (AvgIpc) is 2.87. The predicted molar refractivity (Wildman–Crippen MR) is 95.8 cm³/mol. The molecular weight excluding hydrogens is 316 g/mol. The van der Waals surface area contributed by atoms with Gasteiger partial charge in [-0.25, -0.2) is 0 Å². The molecule has 1 aliphatic heterocycles. The summed E-state index contributed by atoms with van der Waals surface area (Å²) in [4.78, 5) is 25.1. The van der Waals surface area contributed by atoms with Crippen molar-refractivity contribution < 1.29 is 14.7 Å². The summed E-state index contributed by atoms with van der Waals surface area (Å²) < 4.78 is 0. The van der Waals surface area contributed by atoms with E-state index in [1.807, 2.05) is 49.4 Å². The maximum absolute atomic E-state index is 12.2. The van der Waals surface area contributed by atoms with Crippen LogP contribution in [0.3, 0.4) is 0 Å². The minimum Gasteiger partial charge on any atom is -0.503 e. The van der Waals surface area contributed by atoms with Crippen LogP contribution in [-0.4, -0.2) is 35.4 Å². The van der Waals surface area contributed by atoms with Crippen LogP contribution < -0.4 is 5.32 Å². The summed E-state index contributed by atoms with van der Waals surface area (Å²) in [5.41, 5.74) is 4.45. The number of hydrogen-bond donors (Lipinski definition) is 2. The quantitative estimate of drug-likeness (QED) is 0.901. The fourth-order valence-electron chi connectivity index (χ4n) is 2.85. The number of aliphatic hydroxyl groups excluding tert-OH is 1. The molecule has 0 aromatic heterocycles. The molecule has 3 rings (SSSR count). The Kier molecular flexibility index (Phi) is 4.57. The minimum absolute atomic E-state index is 0.113. The van der Waals surface area contributed by atoms with E-state index in [9.17, 15) is 14.7 Å². The number of likely N-dealkylation sites (N-methyl/N-ethyl adjacent to an activating group) is 1. The zero-order chi connectivity index (χ0) is 18.0. The fraction of sp³-hybridized carbons (Fsp3) is 0.200. The summed E-state index contributed by atoms with van der Waals surface area (Å²) in [7, 11) is 1.55. The first kappa shape index (κ1) is 16.8. The average molecular weight is 336 g/mol. The van der Waals surface area contributed by atoms with Crippen molar-refractivity contribution in [3.8, 4) is 11.1 Å². The van der Waals surface area contributed by atoms with Gasteiger partial charge in [0.25, 0.3) is 11.8 Å². The number of carbonyl (C=O) groups is 2. The van der Waals surface area contributed by atoms with Crippen LogP contribution in [0.4, 0.5) is 0 Å². The number of rotatable bonds is 4. The lowest BCUT2D eigenvalue weighted by Crippen LogP contribution is -2.27. The van der Waals surface area contributed by atoms with Crippen molar-refractivity contribution in [3.63, 3.8) is 0 Å². The highest BCUT2D eigenvalue weighted by atomic mass is 16.3. The lowest BCUT2D eigenvalue weighted by atomic mass is 10.0. The van der Waals surface area contributed by atoms with Gasteiger partial charge in [0.1, 0.15) is 0 Å². The van der Waals surface area contributed by atoms with Crippen LogP contribution in [0, 0.1) is 6.92 Å². The first-order chi connectivity index (χ1) is 12.0. The van der Waals surface area contributed by atoms with Gasteiger partial charge in [-0.15, -0.1) is 0 Å². The van der Waals surface area contributed by atoms with E-state index in [2.05, 4.69) is 11.4 Å². The maximum Gasteiger partial charge on any atom is 0.289 e. The molecule has 1 heterocycles. The molecule has 0 atom stereocenters. The molecule has 0 aliphatic carbocycles. The standard InChI is InChI=1S/C20H20N2O3/c1-13-5-3-7-15(9-13)16-8-4-6-14(10-16)11-21-19(24)17-12-22(2)20(25)18(17)23/h3-10,23H,11-12H2,1-2H3,(H,21,24). The smallest absolute Gasteiger partial charge is 0.289 e. The molecule has 5 nitrogen and oxygen atoms in total. The van der Waals surface area contributed by atoms with Crippen LogP contribution in [0.2, 0.25) is 0 Å². The van der Waals surface area contributed by atoms with Crippen molar-refractivity contribution in [1.29, 1.82) is 0 Å². The summed E-state index contributed by atoms with van der Waals surface area (Å²) in [5.74, 6) is -1.41. The second kappa shape index (κ2) is 6.81. The molecule has 2 aromatic rings. The third-order valence-electron chi connectivity index (χ3n) is 4.24. The molecule has 2 N–H and O–H groups in total. The molecule has 5 heteroatoms. The van der Waals surface area contributed by atoms with Crippen LogP contribution in [-0.2, 0) is 16.1 Å². The van der Waals surface area contributed by atoms with Crippen LogP contribution in [0.25, 0.3) is 11.1 Å². The summed E-state index contributed by atoms with van der Waals surface area (Å²) in [6.45, 7) is 2.50. The van der Waals surface area contributed by atoms with Crippen molar-refractivity contribution in [1.82, 2.24) is 10.2 Å². The highest BCUT2D eigenvalue weighted by Crippen LogP contribution is 2.21. The monoisotopic (exact) mass is 336 g/mol. The summed E-state index contributed by atoms with van der Waals surface area (Å²) in [5, 5.41) is 12.5. The Balaban J connectivity index is 1.71. The van der Waals surface area contributed by atoms with E-state index in [-0.39, 0.29) is 12.1 Å². The number of nitrogens with zero attached hydrogens (tertiary/aromatic N) is 1. The third kappa shape index (κ3) is 3.55. The molecule has 0 radical (unpaired) electrons. The Morgan fingerprint density at radius 2 is 1.84 bits per heavy atom. The number of benzene rings is 2. The Hall–Kier alpha value is -3.08. The van der Waals surface area contributed by atoms with Gasteiger partial charge in [-0.3, -0.25) is 9.59 Å². The molecule has 0 fully saturated rings. The molecule has 1 aliphatic rings. The Morgan fingerprint density at radius 3 is 2.48 bits per heavy atom. The van der Waals surface area contributed by atoms with Gasteiger partial charge in [0, 0.05) is 13.6 Å². The summed E-state index contributed by atoms with van der Waals surface area (Å²) in [6.07, 6.45) is 0. The van der Waals surface area contributed by atoms with Gasteiger partial charge in [-0.1, -0.05) is 48.0 Å². The number of aliphatic hydroxyl groups is 1. The lowest BCUT2D eigenvalue weighted by Gasteiger charge is -2.09. The Morgan fingerprint density at radius 1 is 1.16 bits per heavy atom. The lowest BCUT2D eigenvalue weighted by molar-refractivity contribution is -0.126. The van der Waals surface area contributed by atoms with E-state index in [0.717, 1.165) is 16.7 Å². The van der Waals surface area contributed by atoms with E-state index in [4.69, 9.17) is 0 Å². The third-order valence-corrected chi connectivity index (χ3v) is 4.24. The largest absolute Gasteiger partial charge is 0.503 e. The van der Waals surface area contributed by atoms with Crippen molar-refractivity contribution in [2.24, 2.45) is 0 Å². The first-order valence-corrected chi connectivity index (χ1v) is 8.07.